The smallest absolute Gasteiger partial charge is 0.244 e. The van der Waals surface area contributed by atoms with E-state index >= 15 is 0 Å². The summed E-state index contributed by atoms with van der Waals surface area (Å²) in [6.45, 7) is 1.83. The zero-order valence-corrected chi connectivity index (χ0v) is 18.2. The normalized spacial score (nSPS) is 10.8. The van der Waals surface area contributed by atoms with Crippen molar-refractivity contribution in [2.75, 3.05) is 5.32 Å². The minimum absolute atomic E-state index is 0.0146. The maximum atomic E-state index is 13.1. The van der Waals surface area contributed by atoms with Gasteiger partial charge in [0.25, 0.3) is 0 Å². The molecule has 0 fully saturated rings. The van der Waals surface area contributed by atoms with Gasteiger partial charge < -0.3 is 9.88 Å². The number of halogens is 1. The first-order valence-electron chi connectivity index (χ1n) is 9.56. The molecule has 0 saturated carbocycles. The van der Waals surface area contributed by atoms with E-state index in [1.165, 1.54) is 18.6 Å². The molecule has 0 saturated heterocycles. The van der Waals surface area contributed by atoms with Gasteiger partial charge in [-0.15, -0.1) is 0 Å². The minimum atomic E-state index is -0.405. The molecule has 2 aromatic heterocycles. The second kappa shape index (κ2) is 8.65. The first-order valence-corrected chi connectivity index (χ1v) is 10.4. The highest BCUT2D eigenvalue weighted by molar-refractivity contribution is 9.10. The minimum Gasteiger partial charge on any atom is -0.337 e. The highest BCUT2D eigenvalue weighted by Crippen LogP contribution is 2.17. The summed E-state index contributed by atoms with van der Waals surface area (Å²) in [5.41, 5.74) is 2.16. The van der Waals surface area contributed by atoms with E-state index in [0.29, 0.717) is 22.2 Å². The summed E-state index contributed by atoms with van der Waals surface area (Å²) in [5.74, 6) is -0.673. The Morgan fingerprint density at radius 2 is 1.74 bits per heavy atom. The van der Waals surface area contributed by atoms with E-state index in [4.69, 9.17) is 0 Å². The number of pyridine rings is 2. The third kappa shape index (κ3) is 4.46. The zero-order chi connectivity index (χ0) is 22.0. The van der Waals surface area contributed by atoms with E-state index in [9.17, 15) is 14.4 Å². The van der Waals surface area contributed by atoms with Gasteiger partial charge in [0.2, 0.25) is 11.3 Å². The fourth-order valence-electron chi connectivity index (χ4n) is 3.35. The zero-order valence-electron chi connectivity index (χ0n) is 16.6. The number of fused-ring (bicyclic) bond motifs is 1. The van der Waals surface area contributed by atoms with Crippen LogP contribution in [0, 0.1) is 6.92 Å². The standard InChI is InChI=1S/C24H18BrN3O3/c1-15-2-7-21-19(12-15)24(31)20(23(30)16-8-10-26-11-9-16)13-28(21)14-22(29)27-18-5-3-17(25)4-6-18/h2-13H,14H2,1H3,(H,27,29). The third-order valence-corrected chi connectivity index (χ3v) is 5.39. The van der Waals surface area contributed by atoms with Crippen molar-refractivity contribution in [1.82, 2.24) is 9.55 Å². The molecule has 0 aliphatic heterocycles. The number of rotatable bonds is 5. The number of carbonyl (C=O) groups is 2. The molecule has 154 valence electrons. The number of nitrogens with zero attached hydrogens (tertiary/aromatic N) is 2. The van der Waals surface area contributed by atoms with Gasteiger partial charge in [-0.1, -0.05) is 27.6 Å². The Bertz CT molecular complexity index is 1350. The highest BCUT2D eigenvalue weighted by Gasteiger charge is 2.18. The van der Waals surface area contributed by atoms with Gasteiger partial charge in [0.15, 0.2) is 5.78 Å². The van der Waals surface area contributed by atoms with Crippen molar-refractivity contribution in [1.29, 1.82) is 0 Å². The third-order valence-electron chi connectivity index (χ3n) is 4.86. The molecule has 1 amide bonds. The highest BCUT2D eigenvalue weighted by atomic mass is 79.9. The van der Waals surface area contributed by atoms with Crippen LogP contribution in [0.5, 0.6) is 0 Å². The molecule has 4 rings (SSSR count). The monoisotopic (exact) mass is 475 g/mol. The summed E-state index contributed by atoms with van der Waals surface area (Å²) in [6, 6.07) is 15.8. The second-order valence-corrected chi connectivity index (χ2v) is 8.06. The van der Waals surface area contributed by atoms with Gasteiger partial charge in [-0.25, -0.2) is 0 Å². The van der Waals surface area contributed by atoms with Crippen LogP contribution >= 0.6 is 15.9 Å². The Balaban J connectivity index is 1.76. The lowest BCUT2D eigenvalue weighted by Gasteiger charge is -2.14. The van der Waals surface area contributed by atoms with Crippen molar-refractivity contribution in [2.24, 2.45) is 0 Å². The van der Waals surface area contributed by atoms with Crippen LogP contribution in [0.3, 0.4) is 0 Å². The average molecular weight is 476 g/mol. The largest absolute Gasteiger partial charge is 0.337 e. The number of carbonyl (C=O) groups excluding carboxylic acids is 2. The predicted molar refractivity (Wildman–Crippen MR) is 123 cm³/mol. The number of ketones is 1. The average Bonchev–Trinajstić information content (AvgIpc) is 2.77. The molecule has 4 aromatic rings. The maximum absolute atomic E-state index is 13.1. The van der Waals surface area contributed by atoms with Crippen LogP contribution in [-0.2, 0) is 11.3 Å². The Morgan fingerprint density at radius 1 is 1.03 bits per heavy atom. The van der Waals surface area contributed by atoms with Gasteiger partial charge in [0.1, 0.15) is 6.54 Å². The van der Waals surface area contributed by atoms with Crippen LogP contribution in [0.2, 0.25) is 0 Å². The Morgan fingerprint density at radius 3 is 2.45 bits per heavy atom. The predicted octanol–water partition coefficient (Wildman–Crippen LogP) is 4.34. The number of hydrogen-bond donors (Lipinski definition) is 1. The number of aromatic nitrogens is 2. The number of amides is 1. The molecular weight excluding hydrogens is 458 g/mol. The number of aryl methyl sites for hydroxylation is 1. The molecule has 0 spiro atoms. The van der Waals surface area contributed by atoms with Crippen LogP contribution in [0.25, 0.3) is 10.9 Å². The molecule has 2 aromatic carbocycles. The maximum Gasteiger partial charge on any atom is 0.244 e. The van der Waals surface area contributed by atoms with Crippen molar-refractivity contribution in [2.45, 2.75) is 13.5 Å². The fraction of sp³-hybridized carbons (Fsp3) is 0.0833. The molecule has 1 N–H and O–H groups in total. The molecule has 2 heterocycles. The van der Waals surface area contributed by atoms with Crippen LogP contribution in [0.1, 0.15) is 21.5 Å². The Kier molecular flexibility index (Phi) is 5.77. The second-order valence-electron chi connectivity index (χ2n) is 7.14. The van der Waals surface area contributed by atoms with E-state index in [2.05, 4.69) is 26.2 Å². The quantitative estimate of drug-likeness (QED) is 0.435. The van der Waals surface area contributed by atoms with Crippen molar-refractivity contribution in [3.8, 4) is 0 Å². The molecule has 0 aliphatic carbocycles. The number of anilines is 1. The molecule has 0 unspecified atom stereocenters. The van der Waals surface area contributed by atoms with Gasteiger partial charge in [-0.3, -0.25) is 19.4 Å². The molecule has 7 heteroatoms. The topological polar surface area (TPSA) is 81.1 Å². The molecule has 0 radical (unpaired) electrons. The number of hydrogen-bond acceptors (Lipinski definition) is 4. The van der Waals surface area contributed by atoms with Crippen LogP contribution in [-0.4, -0.2) is 21.2 Å². The lowest BCUT2D eigenvalue weighted by Crippen LogP contribution is -2.24. The van der Waals surface area contributed by atoms with E-state index < -0.39 is 5.78 Å². The summed E-state index contributed by atoms with van der Waals surface area (Å²) in [6.07, 6.45) is 4.47. The first-order chi connectivity index (χ1) is 14.9. The van der Waals surface area contributed by atoms with Crippen LogP contribution in [0.4, 0.5) is 5.69 Å². The number of nitrogens with one attached hydrogen (secondary N) is 1. The first kappa shape index (κ1) is 20.7. The summed E-state index contributed by atoms with van der Waals surface area (Å²) in [7, 11) is 0. The SMILES string of the molecule is Cc1ccc2c(c1)c(=O)c(C(=O)c1ccncc1)cn2CC(=O)Nc1ccc(Br)cc1. The molecule has 0 atom stereocenters. The Hall–Kier alpha value is -3.58. The van der Waals surface area contributed by atoms with Crippen molar-refractivity contribution in [3.05, 3.63) is 105 Å². The van der Waals surface area contributed by atoms with E-state index in [1.807, 2.05) is 25.1 Å². The van der Waals surface area contributed by atoms with E-state index in [0.717, 1.165) is 10.0 Å². The van der Waals surface area contributed by atoms with Crippen molar-refractivity contribution < 1.29 is 9.59 Å². The van der Waals surface area contributed by atoms with Gasteiger partial charge in [-0.2, -0.15) is 0 Å². The van der Waals surface area contributed by atoms with Crippen molar-refractivity contribution >= 4 is 44.2 Å². The van der Waals surface area contributed by atoms with E-state index in [-0.39, 0.29) is 23.4 Å². The molecular formula is C24H18BrN3O3. The lowest BCUT2D eigenvalue weighted by molar-refractivity contribution is -0.116. The lowest BCUT2D eigenvalue weighted by atomic mass is 10.0. The summed E-state index contributed by atoms with van der Waals surface area (Å²) < 4.78 is 2.55. The molecule has 0 aliphatic rings. The van der Waals surface area contributed by atoms with Gasteiger partial charge in [0.05, 0.1) is 11.1 Å². The van der Waals surface area contributed by atoms with Gasteiger partial charge in [-0.05, 0) is 55.5 Å². The van der Waals surface area contributed by atoms with Crippen LogP contribution in [0.15, 0.2) is 82.5 Å². The summed E-state index contributed by atoms with van der Waals surface area (Å²) >= 11 is 3.36. The van der Waals surface area contributed by atoms with Crippen molar-refractivity contribution in [3.63, 3.8) is 0 Å². The molecule has 31 heavy (non-hydrogen) atoms. The van der Waals surface area contributed by atoms with Crippen LogP contribution < -0.4 is 10.7 Å². The van der Waals surface area contributed by atoms with E-state index in [1.54, 1.807) is 41.0 Å². The molecule has 0 bridgehead atoms. The summed E-state index contributed by atoms with van der Waals surface area (Å²) in [5, 5.41) is 3.24. The molecule has 6 nitrogen and oxygen atoms in total. The van der Waals surface area contributed by atoms with Gasteiger partial charge >= 0.3 is 0 Å². The fourth-order valence-corrected chi connectivity index (χ4v) is 3.62. The van der Waals surface area contributed by atoms with Gasteiger partial charge in [0, 0.05) is 39.7 Å². The number of benzene rings is 2. The summed E-state index contributed by atoms with van der Waals surface area (Å²) in [4.78, 5) is 42.7. The Labute approximate surface area is 186 Å².